The molecule has 0 heterocycles. The number of aromatic carboxylic acids is 1. The fraction of sp³-hybridized carbons (Fsp3) is 0. The summed E-state index contributed by atoms with van der Waals surface area (Å²) in [4.78, 5) is 22.4. The maximum atomic E-state index is 11.6. The van der Waals surface area contributed by atoms with Gasteiger partial charge in [-0.15, -0.1) is 0 Å². The standard InChI is InChI=1S/C14H11NO5/c16-12-7-6-9(13(17)18)8-11(12)15-14(19)20-10-4-2-1-3-5-10/h1-8,16H,(H,15,19)(H,17,18). The van der Waals surface area contributed by atoms with Crippen molar-refractivity contribution in [3.8, 4) is 11.5 Å². The first kappa shape index (κ1) is 13.4. The smallest absolute Gasteiger partial charge is 0.417 e. The van der Waals surface area contributed by atoms with Crippen LogP contribution in [0, 0.1) is 0 Å². The Morgan fingerprint density at radius 2 is 1.75 bits per heavy atom. The summed E-state index contributed by atoms with van der Waals surface area (Å²) in [6, 6.07) is 11.9. The monoisotopic (exact) mass is 273 g/mol. The molecule has 0 aliphatic heterocycles. The van der Waals surface area contributed by atoms with Gasteiger partial charge < -0.3 is 14.9 Å². The van der Waals surface area contributed by atoms with Gasteiger partial charge in [0.25, 0.3) is 0 Å². The molecule has 0 atom stereocenters. The van der Waals surface area contributed by atoms with Crippen LogP contribution in [-0.2, 0) is 0 Å². The predicted octanol–water partition coefficient (Wildman–Crippen LogP) is 2.70. The molecule has 2 rings (SSSR count). The molecule has 0 spiro atoms. The largest absolute Gasteiger partial charge is 0.506 e. The van der Waals surface area contributed by atoms with Crippen LogP contribution >= 0.6 is 0 Å². The van der Waals surface area contributed by atoms with Crippen LogP contribution in [0.4, 0.5) is 10.5 Å². The van der Waals surface area contributed by atoms with E-state index in [4.69, 9.17) is 9.84 Å². The second kappa shape index (κ2) is 5.75. The minimum atomic E-state index is -1.16. The molecule has 2 aromatic carbocycles. The number of phenolic OH excluding ortho intramolecular Hbond substituents is 1. The molecule has 0 radical (unpaired) electrons. The third-order valence-electron chi connectivity index (χ3n) is 2.43. The predicted molar refractivity (Wildman–Crippen MR) is 71.2 cm³/mol. The Bertz CT molecular complexity index is 639. The SMILES string of the molecule is O=C(Nc1cc(C(=O)O)ccc1O)Oc1ccccc1. The average molecular weight is 273 g/mol. The third kappa shape index (κ3) is 3.26. The van der Waals surface area contributed by atoms with Crippen LogP contribution in [0.3, 0.4) is 0 Å². The minimum Gasteiger partial charge on any atom is -0.506 e. The normalized spacial score (nSPS) is 9.80. The number of carbonyl (C=O) groups is 2. The number of rotatable bonds is 3. The van der Waals surface area contributed by atoms with E-state index in [0.717, 1.165) is 6.07 Å². The van der Waals surface area contributed by atoms with Crippen molar-refractivity contribution >= 4 is 17.7 Å². The maximum Gasteiger partial charge on any atom is 0.417 e. The molecule has 0 saturated carbocycles. The first-order chi connectivity index (χ1) is 9.56. The van der Waals surface area contributed by atoms with Gasteiger partial charge >= 0.3 is 12.1 Å². The third-order valence-corrected chi connectivity index (χ3v) is 2.43. The second-order valence-electron chi connectivity index (χ2n) is 3.86. The number of hydrogen-bond acceptors (Lipinski definition) is 4. The van der Waals surface area contributed by atoms with E-state index in [1.807, 2.05) is 0 Å². The van der Waals surface area contributed by atoms with Gasteiger partial charge in [-0.2, -0.15) is 0 Å². The van der Waals surface area contributed by atoms with Gasteiger partial charge in [-0.3, -0.25) is 5.32 Å². The summed E-state index contributed by atoms with van der Waals surface area (Å²) in [7, 11) is 0. The zero-order valence-electron chi connectivity index (χ0n) is 10.2. The van der Waals surface area contributed by atoms with Crippen LogP contribution in [0.1, 0.15) is 10.4 Å². The lowest BCUT2D eigenvalue weighted by Gasteiger charge is -2.08. The quantitative estimate of drug-likeness (QED) is 0.747. The Morgan fingerprint density at radius 1 is 1.05 bits per heavy atom. The number of phenols is 1. The number of para-hydroxylation sites is 1. The number of benzene rings is 2. The van der Waals surface area contributed by atoms with Crippen molar-refractivity contribution in [3.63, 3.8) is 0 Å². The Labute approximate surface area is 114 Å². The molecule has 0 fully saturated rings. The number of carboxylic acid groups (broad SMARTS) is 1. The van der Waals surface area contributed by atoms with Gasteiger partial charge in [0, 0.05) is 0 Å². The minimum absolute atomic E-state index is 0.0363. The highest BCUT2D eigenvalue weighted by atomic mass is 16.6. The van der Waals surface area contributed by atoms with E-state index in [2.05, 4.69) is 5.32 Å². The number of carbonyl (C=O) groups excluding carboxylic acids is 1. The second-order valence-corrected chi connectivity index (χ2v) is 3.86. The van der Waals surface area contributed by atoms with Gasteiger partial charge in [0.15, 0.2) is 0 Å². The van der Waals surface area contributed by atoms with Crippen molar-refractivity contribution in [3.05, 3.63) is 54.1 Å². The Kier molecular flexibility index (Phi) is 3.85. The van der Waals surface area contributed by atoms with E-state index in [9.17, 15) is 14.7 Å². The number of carboxylic acids is 1. The molecule has 2 aromatic rings. The van der Waals surface area contributed by atoms with Crippen LogP contribution in [0.5, 0.6) is 11.5 Å². The number of nitrogens with one attached hydrogen (secondary N) is 1. The van der Waals surface area contributed by atoms with Crippen LogP contribution in [0.25, 0.3) is 0 Å². The van der Waals surface area contributed by atoms with E-state index >= 15 is 0 Å². The van der Waals surface area contributed by atoms with Gasteiger partial charge in [-0.25, -0.2) is 9.59 Å². The van der Waals surface area contributed by atoms with Gasteiger partial charge in [0.05, 0.1) is 11.3 Å². The van der Waals surface area contributed by atoms with Crippen molar-refractivity contribution in [2.24, 2.45) is 0 Å². The number of hydrogen-bond donors (Lipinski definition) is 3. The Balaban J connectivity index is 2.11. The van der Waals surface area contributed by atoms with Crippen molar-refractivity contribution in [2.75, 3.05) is 5.32 Å². The van der Waals surface area contributed by atoms with Crippen LogP contribution in [0.2, 0.25) is 0 Å². The molecular weight excluding hydrogens is 262 g/mol. The van der Waals surface area contributed by atoms with Crippen LogP contribution in [0.15, 0.2) is 48.5 Å². The lowest BCUT2D eigenvalue weighted by Crippen LogP contribution is -2.17. The van der Waals surface area contributed by atoms with Gasteiger partial charge in [0.1, 0.15) is 11.5 Å². The Hall–Kier alpha value is -3.02. The maximum absolute atomic E-state index is 11.6. The summed E-state index contributed by atoms with van der Waals surface area (Å²) in [5, 5.41) is 20.7. The number of anilines is 1. The molecule has 102 valence electrons. The highest BCUT2D eigenvalue weighted by Gasteiger charge is 2.11. The molecule has 0 aliphatic carbocycles. The van der Waals surface area contributed by atoms with Crippen molar-refractivity contribution in [1.82, 2.24) is 0 Å². The number of amides is 1. The lowest BCUT2D eigenvalue weighted by molar-refractivity contribution is 0.0697. The van der Waals surface area contributed by atoms with E-state index in [-0.39, 0.29) is 17.0 Å². The van der Waals surface area contributed by atoms with E-state index in [1.165, 1.54) is 12.1 Å². The number of aromatic hydroxyl groups is 1. The fourth-order valence-corrected chi connectivity index (χ4v) is 1.50. The summed E-state index contributed by atoms with van der Waals surface area (Å²) in [6.45, 7) is 0. The van der Waals surface area contributed by atoms with E-state index in [1.54, 1.807) is 30.3 Å². The van der Waals surface area contributed by atoms with Gasteiger partial charge in [0.2, 0.25) is 0 Å². The summed E-state index contributed by atoms with van der Waals surface area (Å²) in [5.74, 6) is -1.08. The molecule has 0 unspecified atom stereocenters. The fourth-order valence-electron chi connectivity index (χ4n) is 1.50. The average Bonchev–Trinajstić information content (AvgIpc) is 2.42. The Morgan fingerprint density at radius 3 is 2.40 bits per heavy atom. The summed E-state index contributed by atoms with van der Waals surface area (Å²) >= 11 is 0. The summed E-state index contributed by atoms with van der Waals surface area (Å²) in [6.07, 6.45) is -0.825. The first-order valence-electron chi connectivity index (χ1n) is 5.66. The van der Waals surface area contributed by atoms with Crippen molar-refractivity contribution in [1.29, 1.82) is 0 Å². The molecule has 3 N–H and O–H groups in total. The topological polar surface area (TPSA) is 95.9 Å². The molecule has 20 heavy (non-hydrogen) atoms. The molecule has 0 aliphatic rings. The van der Waals surface area contributed by atoms with Crippen LogP contribution in [-0.4, -0.2) is 22.3 Å². The van der Waals surface area contributed by atoms with Gasteiger partial charge in [-0.05, 0) is 30.3 Å². The highest BCUT2D eigenvalue weighted by molar-refractivity contribution is 5.93. The summed E-state index contributed by atoms with van der Waals surface area (Å²) < 4.78 is 4.97. The zero-order valence-corrected chi connectivity index (χ0v) is 10.2. The molecule has 1 amide bonds. The lowest BCUT2D eigenvalue weighted by atomic mass is 10.2. The van der Waals surface area contributed by atoms with Crippen molar-refractivity contribution in [2.45, 2.75) is 0 Å². The van der Waals surface area contributed by atoms with Gasteiger partial charge in [-0.1, -0.05) is 18.2 Å². The van der Waals surface area contributed by atoms with E-state index < -0.39 is 12.1 Å². The highest BCUT2D eigenvalue weighted by Crippen LogP contribution is 2.24. The first-order valence-corrected chi connectivity index (χ1v) is 5.66. The van der Waals surface area contributed by atoms with E-state index in [0.29, 0.717) is 5.75 Å². The van der Waals surface area contributed by atoms with Crippen molar-refractivity contribution < 1.29 is 24.5 Å². The molecular formula is C14H11NO5. The molecule has 6 heteroatoms. The van der Waals surface area contributed by atoms with Crippen LogP contribution < -0.4 is 10.1 Å². The molecule has 6 nitrogen and oxygen atoms in total. The molecule has 0 saturated heterocycles. The number of ether oxygens (including phenoxy) is 1. The molecule has 0 bridgehead atoms. The zero-order chi connectivity index (χ0) is 14.5. The molecule has 0 aromatic heterocycles. The summed E-state index contributed by atoms with van der Waals surface area (Å²) in [5.41, 5.74) is -0.0938.